The zero-order chi connectivity index (χ0) is 23.0. The highest BCUT2D eigenvalue weighted by Gasteiger charge is 2.28. The van der Waals surface area contributed by atoms with Crippen molar-refractivity contribution in [2.75, 3.05) is 16.8 Å². The molecule has 1 fully saturated rings. The Labute approximate surface area is 189 Å². The largest absolute Gasteiger partial charge is 0.368 e. The van der Waals surface area contributed by atoms with Gasteiger partial charge in [0.05, 0.1) is 5.69 Å². The number of unbranched alkanes of at least 4 members (excludes halogenated alkanes) is 1. The number of carbonyl (C=O) groups is 1. The molecule has 1 heterocycles. The summed E-state index contributed by atoms with van der Waals surface area (Å²) in [6, 6.07) is 5.45. The Hall–Kier alpha value is -1.60. The van der Waals surface area contributed by atoms with Gasteiger partial charge in [0.1, 0.15) is 4.90 Å². The lowest BCUT2D eigenvalue weighted by molar-refractivity contribution is -0.120. The van der Waals surface area contributed by atoms with E-state index in [1.165, 1.54) is 0 Å². The lowest BCUT2D eigenvalue weighted by Crippen LogP contribution is -2.39. The third-order valence-corrected chi connectivity index (χ3v) is 7.99. The Kier molecular flexibility index (Phi) is 9.82. The zero-order valence-corrected chi connectivity index (χ0v) is 20.7. The normalized spacial score (nSPS) is 19.1. The molecule has 0 bridgehead atoms. The van der Waals surface area contributed by atoms with Crippen molar-refractivity contribution in [3.05, 3.63) is 18.2 Å². The second-order valence-electron chi connectivity index (χ2n) is 8.89. The molecular formula is C24H41N3O3S. The van der Waals surface area contributed by atoms with Crippen molar-refractivity contribution in [2.45, 2.75) is 103 Å². The third-order valence-electron chi connectivity index (χ3n) is 6.37. The molecule has 2 N–H and O–H groups in total. The van der Waals surface area contributed by atoms with Gasteiger partial charge in [0.2, 0.25) is 15.9 Å². The molecule has 1 aliphatic heterocycles. The van der Waals surface area contributed by atoms with Crippen molar-refractivity contribution < 1.29 is 13.2 Å². The SMILES string of the molecule is CCCCC(CC)C(=O)Nc1ccc(N2CCCCC2C)c(S(=O)(=O)NC(C)CC)c1. The van der Waals surface area contributed by atoms with Crippen LogP contribution in [0.1, 0.15) is 86.0 Å². The molecule has 2 rings (SSSR count). The highest BCUT2D eigenvalue weighted by atomic mass is 32.2. The Morgan fingerprint density at radius 3 is 2.55 bits per heavy atom. The minimum absolute atomic E-state index is 0.0340. The minimum atomic E-state index is -3.72. The molecule has 3 unspecified atom stereocenters. The molecule has 176 valence electrons. The van der Waals surface area contributed by atoms with Crippen molar-refractivity contribution >= 4 is 27.3 Å². The first kappa shape index (κ1) is 25.7. The molecule has 0 spiro atoms. The monoisotopic (exact) mass is 451 g/mol. The second-order valence-corrected chi connectivity index (χ2v) is 10.6. The summed E-state index contributed by atoms with van der Waals surface area (Å²) in [6.07, 6.45) is 7.66. The maximum atomic E-state index is 13.3. The standard InChI is InChI=1S/C24H41N3O3S/c1-6-9-13-20(8-3)24(28)25-21-14-15-22(27-16-11-10-12-19(27)5)23(17-21)31(29,30)26-18(4)7-2/h14-15,17-20,26H,6-13,16H2,1-5H3,(H,25,28). The topological polar surface area (TPSA) is 78.5 Å². The molecule has 0 aliphatic carbocycles. The predicted octanol–water partition coefficient (Wildman–Crippen LogP) is 5.30. The van der Waals surface area contributed by atoms with Crippen molar-refractivity contribution in [2.24, 2.45) is 5.92 Å². The molecule has 7 heteroatoms. The smallest absolute Gasteiger partial charge is 0.242 e. The van der Waals surface area contributed by atoms with E-state index in [0.29, 0.717) is 12.1 Å². The lowest BCUT2D eigenvalue weighted by atomic mass is 9.98. The van der Waals surface area contributed by atoms with Gasteiger partial charge in [-0.2, -0.15) is 0 Å². The summed E-state index contributed by atoms with van der Waals surface area (Å²) in [6.45, 7) is 10.9. The van der Waals surface area contributed by atoms with Gasteiger partial charge in [0.15, 0.2) is 0 Å². The molecule has 0 saturated carbocycles. The number of hydrogen-bond donors (Lipinski definition) is 2. The van der Waals surface area contributed by atoms with Gasteiger partial charge in [0.25, 0.3) is 0 Å². The summed E-state index contributed by atoms with van der Waals surface area (Å²) in [5, 5.41) is 2.97. The third kappa shape index (κ3) is 6.94. The highest BCUT2D eigenvalue weighted by Crippen LogP contribution is 2.33. The van der Waals surface area contributed by atoms with Crippen LogP contribution in [0.2, 0.25) is 0 Å². The van der Waals surface area contributed by atoms with E-state index in [9.17, 15) is 13.2 Å². The van der Waals surface area contributed by atoms with Gasteiger partial charge in [0, 0.05) is 30.2 Å². The van der Waals surface area contributed by atoms with Gasteiger partial charge < -0.3 is 10.2 Å². The van der Waals surface area contributed by atoms with Crippen LogP contribution >= 0.6 is 0 Å². The fourth-order valence-electron chi connectivity index (χ4n) is 4.13. The Bertz CT molecular complexity index is 825. The molecule has 1 amide bonds. The Morgan fingerprint density at radius 2 is 1.94 bits per heavy atom. The minimum Gasteiger partial charge on any atom is -0.368 e. The summed E-state index contributed by atoms with van der Waals surface area (Å²) in [7, 11) is -3.72. The molecule has 1 aliphatic rings. The molecule has 3 atom stereocenters. The maximum absolute atomic E-state index is 13.3. The fourth-order valence-corrected chi connectivity index (χ4v) is 5.69. The summed E-state index contributed by atoms with van der Waals surface area (Å²) in [5.41, 5.74) is 1.26. The van der Waals surface area contributed by atoms with Gasteiger partial charge in [-0.25, -0.2) is 13.1 Å². The number of nitrogens with zero attached hydrogens (tertiary/aromatic N) is 1. The lowest BCUT2D eigenvalue weighted by Gasteiger charge is -2.36. The van der Waals surface area contributed by atoms with Gasteiger partial charge in [-0.15, -0.1) is 0 Å². The van der Waals surface area contributed by atoms with Gasteiger partial charge >= 0.3 is 0 Å². The number of amides is 1. The van der Waals surface area contributed by atoms with Crippen molar-refractivity contribution in [3.63, 3.8) is 0 Å². The summed E-state index contributed by atoms with van der Waals surface area (Å²) in [5.74, 6) is -0.0895. The van der Waals surface area contributed by atoms with Crippen LogP contribution in [0.5, 0.6) is 0 Å². The quantitative estimate of drug-likeness (QED) is 0.479. The summed E-state index contributed by atoms with van der Waals surface area (Å²) >= 11 is 0. The molecule has 1 saturated heterocycles. The Morgan fingerprint density at radius 1 is 1.19 bits per heavy atom. The van der Waals surface area contributed by atoms with E-state index in [2.05, 4.69) is 28.8 Å². The van der Waals surface area contributed by atoms with Crippen LogP contribution in [-0.2, 0) is 14.8 Å². The van der Waals surface area contributed by atoms with Crippen LogP contribution in [-0.4, -0.2) is 33.0 Å². The van der Waals surface area contributed by atoms with E-state index in [-0.39, 0.29) is 28.8 Å². The average Bonchev–Trinajstić information content (AvgIpc) is 2.74. The molecule has 31 heavy (non-hydrogen) atoms. The molecule has 0 radical (unpaired) electrons. The number of carbonyl (C=O) groups excluding carboxylic acids is 1. The van der Waals surface area contributed by atoms with E-state index < -0.39 is 10.0 Å². The molecule has 6 nitrogen and oxygen atoms in total. The van der Waals surface area contributed by atoms with Crippen molar-refractivity contribution in [1.82, 2.24) is 4.72 Å². The number of hydrogen-bond acceptors (Lipinski definition) is 4. The van der Waals surface area contributed by atoms with E-state index in [1.807, 2.05) is 32.9 Å². The number of rotatable bonds is 11. The first-order valence-corrected chi connectivity index (χ1v) is 13.5. The first-order valence-electron chi connectivity index (χ1n) is 12.0. The second kappa shape index (κ2) is 11.9. The van der Waals surface area contributed by atoms with Crippen molar-refractivity contribution in [1.29, 1.82) is 0 Å². The van der Waals surface area contributed by atoms with Crippen LogP contribution in [0.15, 0.2) is 23.1 Å². The molecule has 0 aromatic heterocycles. The number of piperidine rings is 1. The molecule has 1 aromatic carbocycles. The highest BCUT2D eigenvalue weighted by molar-refractivity contribution is 7.89. The number of anilines is 2. The van der Waals surface area contributed by atoms with Crippen LogP contribution in [0.4, 0.5) is 11.4 Å². The number of benzene rings is 1. The molecular weight excluding hydrogens is 410 g/mol. The predicted molar refractivity (Wildman–Crippen MR) is 129 cm³/mol. The first-order chi connectivity index (χ1) is 14.7. The van der Waals surface area contributed by atoms with Crippen LogP contribution in [0.3, 0.4) is 0 Å². The van der Waals surface area contributed by atoms with E-state index >= 15 is 0 Å². The van der Waals surface area contributed by atoms with Gasteiger partial charge in [-0.05, 0) is 70.6 Å². The van der Waals surface area contributed by atoms with Crippen molar-refractivity contribution in [3.8, 4) is 0 Å². The summed E-state index contributed by atoms with van der Waals surface area (Å²) in [4.78, 5) is 15.2. The van der Waals surface area contributed by atoms with Crippen LogP contribution in [0, 0.1) is 5.92 Å². The van der Waals surface area contributed by atoms with Crippen LogP contribution < -0.4 is 14.9 Å². The van der Waals surface area contributed by atoms with E-state index in [0.717, 1.165) is 57.2 Å². The van der Waals surface area contributed by atoms with E-state index in [4.69, 9.17) is 0 Å². The fraction of sp³-hybridized carbons (Fsp3) is 0.708. The molecule has 1 aromatic rings. The maximum Gasteiger partial charge on any atom is 0.242 e. The number of nitrogens with one attached hydrogen (secondary N) is 2. The van der Waals surface area contributed by atoms with E-state index in [1.54, 1.807) is 6.07 Å². The van der Waals surface area contributed by atoms with Crippen LogP contribution in [0.25, 0.3) is 0 Å². The number of sulfonamides is 1. The zero-order valence-electron chi connectivity index (χ0n) is 19.9. The average molecular weight is 452 g/mol. The summed E-state index contributed by atoms with van der Waals surface area (Å²) < 4.78 is 29.4. The Balaban J connectivity index is 2.39. The van der Waals surface area contributed by atoms with Gasteiger partial charge in [-0.1, -0.05) is 33.6 Å². The van der Waals surface area contributed by atoms with Gasteiger partial charge in [-0.3, -0.25) is 4.79 Å².